The van der Waals surface area contributed by atoms with Crippen molar-refractivity contribution in [2.75, 3.05) is 11.1 Å². The van der Waals surface area contributed by atoms with Crippen LogP contribution in [-0.4, -0.2) is 15.2 Å². The minimum absolute atomic E-state index is 0.499. The Morgan fingerprint density at radius 2 is 2.20 bits per heavy atom. The minimum atomic E-state index is 0.499. The zero-order valence-corrected chi connectivity index (χ0v) is 8.09. The maximum atomic E-state index is 5.55. The summed E-state index contributed by atoms with van der Waals surface area (Å²) in [6.45, 7) is 0.622. The molecule has 0 aromatic carbocycles. The number of nitrogens with one attached hydrogen (secondary N) is 1. The Morgan fingerprint density at radius 3 is 2.93 bits per heavy atom. The third-order valence-electron chi connectivity index (χ3n) is 1.88. The van der Waals surface area contributed by atoms with Crippen LogP contribution in [0.1, 0.15) is 5.69 Å². The first-order valence-corrected chi connectivity index (χ1v) is 4.56. The molecule has 2 rings (SSSR count). The molecule has 0 bridgehead atoms. The summed E-state index contributed by atoms with van der Waals surface area (Å²) in [7, 11) is 0. The highest BCUT2D eigenvalue weighted by atomic mass is 15.1. The second-order valence-electron chi connectivity index (χ2n) is 3.04. The molecular weight excluding hydrogens is 190 g/mol. The van der Waals surface area contributed by atoms with Crippen LogP contribution in [0.15, 0.2) is 36.7 Å². The van der Waals surface area contributed by atoms with Gasteiger partial charge in [0.15, 0.2) is 0 Å². The van der Waals surface area contributed by atoms with E-state index in [1.165, 1.54) is 0 Å². The lowest BCUT2D eigenvalue weighted by Gasteiger charge is -2.05. The third kappa shape index (κ3) is 2.63. The fourth-order valence-corrected chi connectivity index (χ4v) is 1.18. The molecule has 76 valence electrons. The van der Waals surface area contributed by atoms with E-state index in [4.69, 9.17) is 5.73 Å². The first kappa shape index (κ1) is 9.39. The molecule has 5 nitrogen and oxygen atoms in total. The van der Waals surface area contributed by atoms with Crippen molar-refractivity contribution in [2.24, 2.45) is 0 Å². The highest BCUT2D eigenvalue weighted by Gasteiger charge is 1.95. The molecule has 0 aliphatic heterocycles. The molecular formula is C10H11N5. The van der Waals surface area contributed by atoms with Gasteiger partial charge in [0.25, 0.3) is 0 Å². The van der Waals surface area contributed by atoms with Gasteiger partial charge in [0.05, 0.1) is 12.2 Å². The Balaban J connectivity index is 1.99. The first-order valence-electron chi connectivity index (χ1n) is 4.56. The predicted molar refractivity (Wildman–Crippen MR) is 58.0 cm³/mol. The van der Waals surface area contributed by atoms with Gasteiger partial charge in [-0.2, -0.15) is 10.2 Å². The van der Waals surface area contributed by atoms with Crippen LogP contribution in [-0.2, 0) is 6.54 Å². The molecule has 2 aromatic rings. The molecule has 0 spiro atoms. The molecule has 2 aromatic heterocycles. The number of aromatic nitrogens is 3. The Hall–Kier alpha value is -2.17. The Bertz CT molecular complexity index is 429. The van der Waals surface area contributed by atoms with Gasteiger partial charge >= 0.3 is 0 Å². The normalized spacial score (nSPS) is 9.87. The Kier molecular flexibility index (Phi) is 2.73. The van der Waals surface area contributed by atoms with E-state index in [-0.39, 0.29) is 0 Å². The van der Waals surface area contributed by atoms with Gasteiger partial charge in [-0.3, -0.25) is 0 Å². The van der Waals surface area contributed by atoms with Crippen LogP contribution < -0.4 is 11.1 Å². The second-order valence-corrected chi connectivity index (χ2v) is 3.04. The first-order chi connectivity index (χ1) is 7.34. The molecule has 0 radical (unpaired) electrons. The molecule has 0 aliphatic rings. The largest absolute Gasteiger partial charge is 0.384 e. The summed E-state index contributed by atoms with van der Waals surface area (Å²) in [4.78, 5) is 3.90. The van der Waals surface area contributed by atoms with Gasteiger partial charge in [-0.25, -0.2) is 4.98 Å². The monoisotopic (exact) mass is 201 g/mol. The summed E-state index contributed by atoms with van der Waals surface area (Å²) in [6.07, 6.45) is 3.31. The number of hydrogen-bond acceptors (Lipinski definition) is 5. The summed E-state index contributed by atoms with van der Waals surface area (Å²) in [5, 5.41) is 10.9. The smallest absolute Gasteiger partial charge is 0.125 e. The lowest BCUT2D eigenvalue weighted by Crippen LogP contribution is -2.02. The average molecular weight is 201 g/mol. The van der Waals surface area contributed by atoms with Gasteiger partial charge in [-0.05, 0) is 18.2 Å². The van der Waals surface area contributed by atoms with Crippen LogP contribution in [0.4, 0.5) is 11.5 Å². The van der Waals surface area contributed by atoms with E-state index in [0.717, 1.165) is 11.4 Å². The zero-order valence-electron chi connectivity index (χ0n) is 8.09. The van der Waals surface area contributed by atoms with Crippen molar-refractivity contribution in [1.29, 1.82) is 0 Å². The van der Waals surface area contributed by atoms with Crippen molar-refractivity contribution in [3.05, 3.63) is 42.4 Å². The summed E-state index contributed by atoms with van der Waals surface area (Å²) < 4.78 is 0. The van der Waals surface area contributed by atoms with Crippen LogP contribution in [0, 0.1) is 0 Å². The SMILES string of the molecule is Nc1cc(NCc2cccnn2)ccn1. The minimum Gasteiger partial charge on any atom is -0.384 e. The Morgan fingerprint density at radius 1 is 1.27 bits per heavy atom. The molecule has 0 amide bonds. The fraction of sp³-hybridized carbons (Fsp3) is 0.100. The van der Waals surface area contributed by atoms with Crippen molar-refractivity contribution in [3.8, 4) is 0 Å². The van der Waals surface area contributed by atoms with Gasteiger partial charge in [-0.1, -0.05) is 0 Å². The van der Waals surface area contributed by atoms with Crippen LogP contribution in [0.2, 0.25) is 0 Å². The van der Waals surface area contributed by atoms with Crippen LogP contribution in [0.25, 0.3) is 0 Å². The van der Waals surface area contributed by atoms with Crippen LogP contribution >= 0.6 is 0 Å². The number of hydrogen-bond donors (Lipinski definition) is 2. The summed E-state index contributed by atoms with van der Waals surface area (Å²) >= 11 is 0. The highest BCUT2D eigenvalue weighted by Crippen LogP contribution is 2.09. The lowest BCUT2D eigenvalue weighted by atomic mass is 10.3. The summed E-state index contributed by atoms with van der Waals surface area (Å²) in [6, 6.07) is 7.39. The van der Waals surface area contributed by atoms with E-state index in [0.29, 0.717) is 12.4 Å². The average Bonchev–Trinajstić information content (AvgIpc) is 2.28. The van der Waals surface area contributed by atoms with Crippen LogP contribution in [0.5, 0.6) is 0 Å². The molecule has 15 heavy (non-hydrogen) atoms. The number of nitrogens with zero attached hydrogens (tertiary/aromatic N) is 3. The summed E-state index contributed by atoms with van der Waals surface area (Å²) in [5.74, 6) is 0.499. The van der Waals surface area contributed by atoms with Gasteiger partial charge in [0.2, 0.25) is 0 Å². The van der Waals surface area contributed by atoms with Gasteiger partial charge in [0.1, 0.15) is 5.82 Å². The Labute approximate surface area is 87.4 Å². The van der Waals surface area contributed by atoms with Crippen molar-refractivity contribution in [1.82, 2.24) is 15.2 Å². The van der Waals surface area contributed by atoms with Crippen LogP contribution in [0.3, 0.4) is 0 Å². The number of nitrogen functional groups attached to an aromatic ring is 1. The van der Waals surface area contributed by atoms with Gasteiger partial charge in [-0.15, -0.1) is 0 Å². The fourth-order valence-electron chi connectivity index (χ4n) is 1.18. The number of pyridine rings is 1. The number of nitrogens with two attached hydrogens (primary N) is 1. The van der Waals surface area contributed by atoms with Crippen molar-refractivity contribution in [3.63, 3.8) is 0 Å². The predicted octanol–water partition coefficient (Wildman–Crippen LogP) is 1.07. The van der Waals surface area contributed by atoms with E-state index in [2.05, 4.69) is 20.5 Å². The van der Waals surface area contributed by atoms with Crippen molar-refractivity contribution >= 4 is 11.5 Å². The quantitative estimate of drug-likeness (QED) is 0.776. The molecule has 0 saturated heterocycles. The maximum Gasteiger partial charge on any atom is 0.125 e. The maximum absolute atomic E-state index is 5.55. The van der Waals surface area contributed by atoms with E-state index in [9.17, 15) is 0 Å². The second kappa shape index (κ2) is 4.36. The van der Waals surface area contributed by atoms with E-state index in [1.807, 2.05) is 18.2 Å². The highest BCUT2D eigenvalue weighted by molar-refractivity contribution is 5.49. The topological polar surface area (TPSA) is 76.7 Å². The molecule has 2 heterocycles. The molecule has 0 atom stereocenters. The van der Waals surface area contributed by atoms with Gasteiger partial charge < -0.3 is 11.1 Å². The molecule has 3 N–H and O–H groups in total. The molecule has 0 saturated carbocycles. The van der Waals surface area contributed by atoms with Crippen molar-refractivity contribution < 1.29 is 0 Å². The number of rotatable bonds is 3. The van der Waals surface area contributed by atoms with E-state index >= 15 is 0 Å². The molecule has 0 fully saturated rings. The standard InChI is InChI=1S/C10H11N5/c11-10-6-8(3-5-12-10)13-7-9-2-1-4-14-15-9/h1-6H,7H2,(H3,11,12,13). The zero-order chi connectivity index (χ0) is 10.5. The van der Waals surface area contributed by atoms with E-state index in [1.54, 1.807) is 18.5 Å². The molecule has 5 heteroatoms. The summed E-state index contributed by atoms with van der Waals surface area (Å²) in [5.41, 5.74) is 7.35. The number of anilines is 2. The lowest BCUT2D eigenvalue weighted by molar-refractivity contribution is 0.925. The third-order valence-corrected chi connectivity index (χ3v) is 1.88. The van der Waals surface area contributed by atoms with Crippen molar-refractivity contribution in [2.45, 2.75) is 6.54 Å². The van der Waals surface area contributed by atoms with E-state index < -0.39 is 0 Å². The van der Waals surface area contributed by atoms with Gasteiger partial charge in [0, 0.05) is 24.1 Å². The molecule has 0 aliphatic carbocycles. The molecule has 0 unspecified atom stereocenters.